The lowest BCUT2D eigenvalue weighted by Gasteiger charge is -2.30. The lowest BCUT2D eigenvalue weighted by atomic mass is 9.91. The molecule has 98 valence electrons. The van der Waals surface area contributed by atoms with Gasteiger partial charge in [0.05, 0.1) is 6.04 Å². The van der Waals surface area contributed by atoms with Crippen molar-refractivity contribution in [2.24, 2.45) is 5.92 Å². The van der Waals surface area contributed by atoms with E-state index in [1.807, 2.05) is 23.9 Å². The average Bonchev–Trinajstić information content (AvgIpc) is 2.65. The van der Waals surface area contributed by atoms with Crippen LogP contribution in [0.2, 0.25) is 0 Å². The number of amides is 2. The zero-order valence-corrected chi connectivity index (χ0v) is 10.8. The SMILES string of the molecule is CNCCN1CC(C2CCOCC2)N(C)C1=O. The first-order valence-electron chi connectivity index (χ1n) is 6.48. The van der Waals surface area contributed by atoms with E-state index >= 15 is 0 Å². The summed E-state index contributed by atoms with van der Waals surface area (Å²) in [7, 11) is 3.85. The van der Waals surface area contributed by atoms with Gasteiger partial charge in [-0.3, -0.25) is 0 Å². The maximum Gasteiger partial charge on any atom is 0.320 e. The highest BCUT2D eigenvalue weighted by Gasteiger charge is 2.39. The molecule has 0 radical (unpaired) electrons. The smallest absolute Gasteiger partial charge is 0.320 e. The monoisotopic (exact) mass is 241 g/mol. The Kier molecular flexibility index (Phi) is 4.23. The summed E-state index contributed by atoms with van der Waals surface area (Å²) in [5.41, 5.74) is 0. The van der Waals surface area contributed by atoms with Gasteiger partial charge >= 0.3 is 6.03 Å². The molecule has 0 spiro atoms. The maximum atomic E-state index is 12.1. The second-order valence-corrected chi connectivity index (χ2v) is 4.96. The molecule has 0 aliphatic carbocycles. The summed E-state index contributed by atoms with van der Waals surface area (Å²) in [4.78, 5) is 15.9. The van der Waals surface area contributed by atoms with Crippen LogP contribution >= 0.6 is 0 Å². The predicted molar refractivity (Wildman–Crippen MR) is 66.0 cm³/mol. The molecular formula is C12H23N3O2. The Morgan fingerprint density at radius 2 is 2.12 bits per heavy atom. The average molecular weight is 241 g/mol. The number of rotatable bonds is 4. The lowest BCUT2D eigenvalue weighted by Crippen LogP contribution is -2.38. The van der Waals surface area contributed by atoms with Gasteiger partial charge in [0.1, 0.15) is 0 Å². The van der Waals surface area contributed by atoms with E-state index in [-0.39, 0.29) is 6.03 Å². The highest BCUT2D eigenvalue weighted by Crippen LogP contribution is 2.27. The molecule has 2 aliphatic rings. The molecule has 5 heteroatoms. The van der Waals surface area contributed by atoms with E-state index in [1.165, 1.54) is 0 Å². The van der Waals surface area contributed by atoms with Crippen LogP contribution in [0.4, 0.5) is 4.79 Å². The third-order valence-electron chi connectivity index (χ3n) is 3.92. The van der Waals surface area contributed by atoms with E-state index in [9.17, 15) is 4.79 Å². The molecule has 0 saturated carbocycles. The predicted octanol–water partition coefficient (Wildman–Crippen LogP) is 0.368. The molecule has 1 N–H and O–H groups in total. The largest absolute Gasteiger partial charge is 0.381 e. The molecule has 1 unspecified atom stereocenters. The molecule has 2 saturated heterocycles. The Morgan fingerprint density at radius 1 is 1.41 bits per heavy atom. The molecule has 2 aliphatic heterocycles. The Bertz CT molecular complexity index is 262. The van der Waals surface area contributed by atoms with Gasteiger partial charge in [0, 0.05) is 39.9 Å². The van der Waals surface area contributed by atoms with Gasteiger partial charge in [0.2, 0.25) is 0 Å². The Balaban J connectivity index is 1.92. The molecule has 0 aromatic rings. The van der Waals surface area contributed by atoms with Crippen molar-refractivity contribution in [3.05, 3.63) is 0 Å². The van der Waals surface area contributed by atoms with E-state index in [0.717, 1.165) is 45.7 Å². The molecule has 0 aromatic carbocycles. The summed E-state index contributed by atoms with van der Waals surface area (Å²) in [6, 6.07) is 0.556. The molecule has 0 bridgehead atoms. The minimum atomic E-state index is 0.178. The van der Waals surface area contributed by atoms with Crippen molar-refractivity contribution in [2.75, 3.05) is 46.9 Å². The van der Waals surface area contributed by atoms with E-state index < -0.39 is 0 Å². The molecule has 17 heavy (non-hydrogen) atoms. The summed E-state index contributed by atoms with van der Waals surface area (Å²) in [5.74, 6) is 0.609. The quantitative estimate of drug-likeness (QED) is 0.773. The minimum absolute atomic E-state index is 0.178. The minimum Gasteiger partial charge on any atom is -0.381 e. The summed E-state index contributed by atoms with van der Waals surface area (Å²) in [5, 5.41) is 3.09. The Labute approximate surface area is 103 Å². The number of nitrogens with zero attached hydrogens (tertiary/aromatic N) is 2. The summed E-state index contributed by atoms with van der Waals surface area (Å²) in [6.07, 6.45) is 2.17. The summed E-state index contributed by atoms with van der Waals surface area (Å²) >= 11 is 0. The van der Waals surface area contributed by atoms with Crippen LogP contribution in [0.5, 0.6) is 0 Å². The van der Waals surface area contributed by atoms with Crippen LogP contribution in [0.25, 0.3) is 0 Å². The first-order chi connectivity index (χ1) is 8.24. The van der Waals surface area contributed by atoms with Crippen LogP contribution in [0, 0.1) is 5.92 Å². The molecule has 2 fully saturated rings. The van der Waals surface area contributed by atoms with Crippen LogP contribution in [0.1, 0.15) is 12.8 Å². The summed E-state index contributed by atoms with van der Waals surface area (Å²) < 4.78 is 5.39. The normalized spacial score (nSPS) is 26.9. The van der Waals surface area contributed by atoms with Crippen LogP contribution in [0.15, 0.2) is 0 Å². The number of hydrogen-bond donors (Lipinski definition) is 1. The summed E-state index contributed by atoms with van der Waals surface area (Å²) in [6.45, 7) is 4.24. The fraction of sp³-hybridized carbons (Fsp3) is 0.917. The van der Waals surface area contributed by atoms with Gasteiger partial charge in [-0.1, -0.05) is 0 Å². The van der Waals surface area contributed by atoms with Gasteiger partial charge in [0.25, 0.3) is 0 Å². The van der Waals surface area contributed by atoms with Gasteiger partial charge in [-0.2, -0.15) is 0 Å². The van der Waals surface area contributed by atoms with Crippen molar-refractivity contribution in [3.63, 3.8) is 0 Å². The van der Waals surface area contributed by atoms with Crippen LogP contribution in [-0.2, 0) is 4.74 Å². The Hall–Kier alpha value is -0.810. The van der Waals surface area contributed by atoms with Gasteiger partial charge in [0.15, 0.2) is 0 Å². The third kappa shape index (κ3) is 2.72. The van der Waals surface area contributed by atoms with E-state index in [2.05, 4.69) is 5.32 Å². The fourth-order valence-corrected chi connectivity index (χ4v) is 2.79. The lowest BCUT2D eigenvalue weighted by molar-refractivity contribution is 0.0452. The number of ether oxygens (including phenoxy) is 1. The van der Waals surface area contributed by atoms with Gasteiger partial charge in [-0.25, -0.2) is 4.79 Å². The van der Waals surface area contributed by atoms with Gasteiger partial charge in [-0.15, -0.1) is 0 Å². The van der Waals surface area contributed by atoms with E-state index in [0.29, 0.717) is 12.0 Å². The number of carbonyl (C=O) groups is 1. The molecule has 2 rings (SSSR count). The molecule has 1 atom stereocenters. The second kappa shape index (κ2) is 5.69. The first kappa shape index (κ1) is 12.6. The zero-order valence-electron chi connectivity index (χ0n) is 10.8. The Morgan fingerprint density at radius 3 is 2.76 bits per heavy atom. The number of likely N-dealkylation sites (N-methyl/N-ethyl adjacent to an activating group) is 2. The van der Waals surface area contributed by atoms with Crippen LogP contribution in [-0.4, -0.2) is 68.8 Å². The first-order valence-corrected chi connectivity index (χ1v) is 6.48. The second-order valence-electron chi connectivity index (χ2n) is 4.96. The fourth-order valence-electron chi connectivity index (χ4n) is 2.79. The van der Waals surface area contributed by atoms with Gasteiger partial charge in [-0.05, 0) is 25.8 Å². The standard InChI is InChI=1S/C12H23N3O2/c1-13-5-6-15-9-11(14(2)12(15)16)10-3-7-17-8-4-10/h10-11,13H,3-9H2,1-2H3. The van der Waals surface area contributed by atoms with Crippen molar-refractivity contribution in [3.8, 4) is 0 Å². The molecular weight excluding hydrogens is 218 g/mol. The maximum absolute atomic E-state index is 12.1. The van der Waals surface area contributed by atoms with E-state index in [1.54, 1.807) is 0 Å². The number of urea groups is 1. The topological polar surface area (TPSA) is 44.8 Å². The highest BCUT2D eigenvalue weighted by molar-refractivity contribution is 5.77. The molecule has 5 nitrogen and oxygen atoms in total. The van der Waals surface area contributed by atoms with Crippen LogP contribution in [0.3, 0.4) is 0 Å². The number of carbonyl (C=O) groups excluding carboxylic acids is 1. The van der Waals surface area contributed by atoms with Crippen molar-refractivity contribution in [2.45, 2.75) is 18.9 Å². The van der Waals surface area contributed by atoms with Crippen molar-refractivity contribution >= 4 is 6.03 Å². The van der Waals surface area contributed by atoms with Crippen molar-refractivity contribution < 1.29 is 9.53 Å². The zero-order chi connectivity index (χ0) is 12.3. The van der Waals surface area contributed by atoms with Crippen LogP contribution < -0.4 is 5.32 Å². The molecule has 2 amide bonds. The highest BCUT2D eigenvalue weighted by atomic mass is 16.5. The van der Waals surface area contributed by atoms with Crippen molar-refractivity contribution in [1.29, 1.82) is 0 Å². The van der Waals surface area contributed by atoms with Crippen molar-refractivity contribution in [1.82, 2.24) is 15.1 Å². The van der Waals surface area contributed by atoms with E-state index in [4.69, 9.17) is 4.74 Å². The molecule has 0 aromatic heterocycles. The number of hydrogen-bond acceptors (Lipinski definition) is 3. The molecule has 2 heterocycles. The van der Waals surface area contributed by atoms with Gasteiger partial charge < -0.3 is 19.9 Å². The number of nitrogens with one attached hydrogen (secondary N) is 1. The third-order valence-corrected chi connectivity index (χ3v) is 3.92.